The molecule has 3 aromatic rings. The highest BCUT2D eigenvalue weighted by molar-refractivity contribution is 7.80. The number of para-hydroxylation sites is 1. The first-order valence-electron chi connectivity index (χ1n) is 12.6. The molecule has 0 unspecified atom stereocenters. The Labute approximate surface area is 269 Å². The number of carbonyl (C=O) groups is 3. The Morgan fingerprint density at radius 2 is 1.28 bits per heavy atom. The van der Waals surface area contributed by atoms with E-state index in [2.05, 4.69) is 14.5 Å². The van der Waals surface area contributed by atoms with Crippen molar-refractivity contribution in [3.8, 4) is 21.9 Å². The van der Waals surface area contributed by atoms with Crippen LogP contribution in [0, 0.1) is 39.6 Å². The van der Waals surface area contributed by atoms with Crippen molar-refractivity contribution >= 4 is 50.8 Å². The molecule has 21 heteroatoms. The first-order chi connectivity index (χ1) is 21.9. The van der Waals surface area contributed by atoms with Gasteiger partial charge in [-0.25, -0.2) is 4.79 Å². The van der Waals surface area contributed by atoms with E-state index in [1.165, 1.54) is 44.9 Å². The Bertz CT molecular complexity index is 1600. The van der Waals surface area contributed by atoms with Crippen LogP contribution in [0.3, 0.4) is 0 Å². The number of hydrogen-bond donors (Lipinski definition) is 0. The van der Waals surface area contributed by atoms with Gasteiger partial charge in [0.25, 0.3) is 15.3 Å². The van der Waals surface area contributed by atoms with Gasteiger partial charge >= 0.3 is 17.9 Å². The van der Waals surface area contributed by atoms with E-state index >= 15 is 0 Å². The highest BCUT2D eigenvalue weighted by atomic mass is 32.9. The zero-order valence-corrected chi connectivity index (χ0v) is 25.6. The second-order valence-electron chi connectivity index (χ2n) is 9.03. The third-order valence-corrected chi connectivity index (χ3v) is 8.55. The molecular formula is C25H21N3O15S3. The summed E-state index contributed by atoms with van der Waals surface area (Å²) < 4.78 is 16.3. The smallest absolute Gasteiger partial charge is 0.341 e. The topological polar surface area (TPSA) is 236 Å². The van der Waals surface area contributed by atoms with Crippen molar-refractivity contribution in [2.24, 2.45) is 5.41 Å². The number of carbonyl (C=O) groups excluding carboxylic acids is 3. The molecule has 0 amide bonds. The Morgan fingerprint density at radius 1 is 0.739 bits per heavy atom. The third kappa shape index (κ3) is 11.3. The highest BCUT2D eigenvalue weighted by Gasteiger charge is 2.37. The van der Waals surface area contributed by atoms with E-state index in [1.54, 1.807) is 24.3 Å². The van der Waals surface area contributed by atoms with Gasteiger partial charge in [0.1, 0.15) is 47.3 Å². The molecule has 0 aliphatic carbocycles. The fraction of sp³-hybridized carbons (Fsp3) is 0.280. The average Bonchev–Trinajstić information content (AvgIpc) is 3.45. The second kappa shape index (κ2) is 16.7. The summed E-state index contributed by atoms with van der Waals surface area (Å²) in [5, 5.41) is 28.3. The van der Waals surface area contributed by atoms with Gasteiger partial charge in [0.15, 0.2) is 0 Å². The molecule has 0 aliphatic rings. The van der Waals surface area contributed by atoms with Gasteiger partial charge in [0.2, 0.25) is 0 Å². The van der Waals surface area contributed by atoms with E-state index in [4.69, 9.17) is 26.4 Å². The quantitative estimate of drug-likeness (QED) is 0.0450. The molecule has 1 heterocycles. The molecular weight excluding hydrogens is 678 g/mol. The van der Waals surface area contributed by atoms with Crippen molar-refractivity contribution in [1.29, 1.82) is 0 Å². The first-order valence-corrected chi connectivity index (χ1v) is 15.1. The van der Waals surface area contributed by atoms with Gasteiger partial charge in [-0.1, -0.05) is 45.0 Å². The number of nitrogens with zero attached hydrogens (tertiary/aromatic N) is 3. The standard InChI is InChI=1S/C25H21N3O15S3/c29-21(42-17-7-5-16(6-8-17)20-11-23(44)46-45-20)9-10-22(30)43-19-4-2-1-3-18(19)24(31)38-12-25(13-39-26(32)33,14-40-27(34)35)15-41-28(36)37/h1-8,11H,9-10,12-15H2. The number of rotatable bonds is 18. The van der Waals surface area contributed by atoms with Gasteiger partial charge in [-0.15, -0.1) is 30.3 Å². The molecule has 0 radical (unpaired) electrons. The first kappa shape index (κ1) is 35.2. The predicted octanol–water partition coefficient (Wildman–Crippen LogP) is 4.27. The summed E-state index contributed by atoms with van der Waals surface area (Å²) in [4.78, 5) is 83.4. The van der Waals surface area contributed by atoms with Gasteiger partial charge < -0.3 is 28.7 Å². The van der Waals surface area contributed by atoms with Gasteiger partial charge in [-0.05, 0) is 48.0 Å². The molecule has 0 spiro atoms. The number of hydrogen-bond acceptors (Lipinski definition) is 18. The van der Waals surface area contributed by atoms with Crippen LogP contribution in [0.25, 0.3) is 10.4 Å². The van der Waals surface area contributed by atoms with Crippen LogP contribution in [0.5, 0.6) is 11.5 Å². The van der Waals surface area contributed by atoms with Crippen molar-refractivity contribution in [2.45, 2.75) is 12.8 Å². The van der Waals surface area contributed by atoms with Crippen LogP contribution in [0.4, 0.5) is 0 Å². The lowest BCUT2D eigenvalue weighted by molar-refractivity contribution is -0.782. The van der Waals surface area contributed by atoms with Crippen LogP contribution >= 0.6 is 32.9 Å². The zero-order valence-electron chi connectivity index (χ0n) is 23.1. The summed E-state index contributed by atoms with van der Waals surface area (Å²) in [6.07, 6.45) is -0.804. The van der Waals surface area contributed by atoms with Crippen molar-refractivity contribution in [3.05, 3.63) is 94.3 Å². The number of benzene rings is 2. The Balaban J connectivity index is 1.60. The molecule has 0 bridgehead atoms. The van der Waals surface area contributed by atoms with E-state index in [9.17, 15) is 44.7 Å². The van der Waals surface area contributed by atoms with Gasteiger partial charge in [0.05, 0.1) is 18.3 Å². The maximum atomic E-state index is 12.9. The van der Waals surface area contributed by atoms with Crippen molar-refractivity contribution < 1.29 is 58.4 Å². The summed E-state index contributed by atoms with van der Waals surface area (Å²) in [5.41, 5.74) is -1.53. The molecule has 0 fully saturated rings. The van der Waals surface area contributed by atoms with E-state index in [0.717, 1.165) is 14.3 Å². The second-order valence-corrected chi connectivity index (χ2v) is 11.9. The molecule has 0 saturated carbocycles. The Kier molecular flexibility index (Phi) is 12.8. The van der Waals surface area contributed by atoms with Gasteiger partial charge in [-0.3, -0.25) is 9.59 Å². The monoisotopic (exact) mass is 699 g/mol. The molecule has 244 valence electrons. The van der Waals surface area contributed by atoms with Crippen LogP contribution in [0.15, 0.2) is 54.6 Å². The average molecular weight is 700 g/mol. The summed E-state index contributed by atoms with van der Waals surface area (Å²) in [7, 11) is 2.98. The summed E-state index contributed by atoms with van der Waals surface area (Å²) >= 11 is 5.13. The summed E-state index contributed by atoms with van der Waals surface area (Å²) in [6.45, 7) is -4.14. The molecule has 18 nitrogen and oxygen atoms in total. The Hall–Kier alpha value is -5.28. The van der Waals surface area contributed by atoms with Crippen molar-refractivity contribution in [2.75, 3.05) is 26.4 Å². The lowest BCUT2D eigenvalue weighted by atomic mass is 9.92. The largest absolute Gasteiger partial charge is 0.461 e. The van der Waals surface area contributed by atoms with Crippen LogP contribution in [-0.4, -0.2) is 59.6 Å². The molecule has 2 aromatic carbocycles. The number of esters is 3. The van der Waals surface area contributed by atoms with Crippen molar-refractivity contribution in [3.63, 3.8) is 0 Å². The third-order valence-electron chi connectivity index (χ3n) is 5.63. The maximum absolute atomic E-state index is 12.9. The van der Waals surface area contributed by atoms with E-state index < -0.39 is 71.4 Å². The molecule has 3 rings (SSSR count). The van der Waals surface area contributed by atoms with Crippen LogP contribution < -0.4 is 9.47 Å². The minimum atomic E-state index is -2.09. The SMILES string of the molecule is O=C(CCC(=O)Oc1ccccc1C(=O)OCC(CO[N+](=O)[O-])(CO[N+](=O)[O-])CO[N+](=O)[O-])Oc1ccc(-c2cc(=S)ss2)cc1. The van der Waals surface area contributed by atoms with E-state index in [-0.39, 0.29) is 23.5 Å². The molecule has 1 aromatic heterocycles. The van der Waals surface area contributed by atoms with Crippen LogP contribution in [0.2, 0.25) is 0 Å². The predicted molar refractivity (Wildman–Crippen MR) is 157 cm³/mol. The fourth-order valence-electron chi connectivity index (χ4n) is 3.46. The zero-order chi connectivity index (χ0) is 33.7. The van der Waals surface area contributed by atoms with Crippen LogP contribution in [-0.2, 0) is 28.8 Å². The molecule has 0 aliphatic heterocycles. The maximum Gasteiger partial charge on any atom is 0.341 e. The molecule has 0 N–H and O–H groups in total. The highest BCUT2D eigenvalue weighted by Crippen LogP contribution is 2.30. The molecule has 46 heavy (non-hydrogen) atoms. The van der Waals surface area contributed by atoms with Crippen LogP contribution in [0.1, 0.15) is 23.2 Å². The minimum Gasteiger partial charge on any atom is -0.461 e. The molecule has 0 saturated heterocycles. The minimum absolute atomic E-state index is 0.251. The summed E-state index contributed by atoms with van der Waals surface area (Å²) in [6, 6.07) is 13.7. The van der Waals surface area contributed by atoms with Crippen molar-refractivity contribution in [1.82, 2.24) is 0 Å². The summed E-state index contributed by atoms with van der Waals surface area (Å²) in [5.74, 6) is -2.88. The molecule has 0 atom stereocenters. The number of ether oxygens (including phenoxy) is 3. The van der Waals surface area contributed by atoms with E-state index in [1.807, 2.05) is 6.07 Å². The van der Waals surface area contributed by atoms with Gasteiger partial charge in [0, 0.05) is 4.88 Å². The van der Waals surface area contributed by atoms with E-state index in [0.29, 0.717) is 0 Å². The lowest BCUT2D eigenvalue weighted by Crippen LogP contribution is -2.44. The Morgan fingerprint density at radius 3 is 1.80 bits per heavy atom. The lowest BCUT2D eigenvalue weighted by Gasteiger charge is -2.29. The normalized spacial score (nSPS) is 10.7. The van der Waals surface area contributed by atoms with Gasteiger partial charge in [-0.2, -0.15) is 0 Å². The fourth-order valence-corrected chi connectivity index (χ4v) is 5.86.